The molecule has 0 saturated heterocycles. The number of allylic oxidation sites excluding steroid dienone is 2. The first-order valence-corrected chi connectivity index (χ1v) is 12.6. The van der Waals surface area contributed by atoms with E-state index in [0.717, 1.165) is 12.1 Å². The van der Waals surface area contributed by atoms with Crippen LogP contribution >= 0.6 is 7.60 Å². The maximum Gasteiger partial charge on any atom is 0.339 e. The Labute approximate surface area is 175 Å². The van der Waals surface area contributed by atoms with Gasteiger partial charge in [0.05, 0.1) is 23.0 Å². The van der Waals surface area contributed by atoms with Crippen LogP contribution < -0.4 is 0 Å². The summed E-state index contributed by atoms with van der Waals surface area (Å²) in [6.07, 6.45) is -0.158. The zero-order valence-corrected chi connectivity index (χ0v) is 18.6. The van der Waals surface area contributed by atoms with E-state index in [1.807, 2.05) is 0 Å². The van der Waals surface area contributed by atoms with E-state index in [-0.39, 0.29) is 35.0 Å². The van der Waals surface area contributed by atoms with Crippen molar-refractivity contribution < 1.29 is 30.8 Å². The highest BCUT2D eigenvalue weighted by Gasteiger charge is 2.47. The van der Waals surface area contributed by atoms with Crippen LogP contribution in [-0.4, -0.2) is 27.3 Å². The fraction of sp³-hybridized carbons (Fsp3) is 0.333. The summed E-state index contributed by atoms with van der Waals surface area (Å²) in [6.45, 7) is 4.95. The number of halogens is 2. The molecular formula is C21H23F2O5PS. The Morgan fingerprint density at radius 3 is 2.20 bits per heavy atom. The summed E-state index contributed by atoms with van der Waals surface area (Å²) in [5, 5.41) is 0. The van der Waals surface area contributed by atoms with E-state index in [4.69, 9.17) is 9.05 Å². The van der Waals surface area contributed by atoms with Gasteiger partial charge in [0.15, 0.2) is 11.6 Å². The van der Waals surface area contributed by atoms with Gasteiger partial charge in [0, 0.05) is 0 Å². The topological polar surface area (TPSA) is 69.7 Å². The summed E-state index contributed by atoms with van der Waals surface area (Å²) in [5.74, 6) is -2.10. The first kappa shape index (κ1) is 22.8. The lowest BCUT2D eigenvalue weighted by molar-refractivity contribution is 0.215. The zero-order valence-electron chi connectivity index (χ0n) is 16.9. The molecule has 162 valence electrons. The van der Waals surface area contributed by atoms with E-state index in [0.29, 0.717) is 11.1 Å². The van der Waals surface area contributed by atoms with Crippen LogP contribution in [0.5, 0.6) is 0 Å². The number of benzene rings is 2. The zero-order chi connectivity index (χ0) is 22.1. The van der Waals surface area contributed by atoms with Gasteiger partial charge in [-0.2, -0.15) is 0 Å². The van der Waals surface area contributed by atoms with E-state index in [1.54, 1.807) is 39.0 Å². The van der Waals surface area contributed by atoms with Gasteiger partial charge < -0.3 is 9.05 Å². The third-order valence-electron chi connectivity index (χ3n) is 4.96. The van der Waals surface area contributed by atoms with Crippen molar-refractivity contribution in [1.29, 1.82) is 0 Å². The molecule has 0 N–H and O–H groups in total. The normalized spacial score (nSPS) is 16.6. The summed E-state index contributed by atoms with van der Waals surface area (Å²) in [7, 11) is -7.94. The van der Waals surface area contributed by atoms with Crippen LogP contribution in [0.2, 0.25) is 0 Å². The number of fused-ring (bicyclic) bond motifs is 1. The van der Waals surface area contributed by atoms with Gasteiger partial charge in [-0.3, -0.25) is 4.57 Å². The maximum atomic E-state index is 13.8. The molecule has 1 atom stereocenters. The van der Waals surface area contributed by atoms with Crippen molar-refractivity contribution in [3.05, 3.63) is 70.1 Å². The van der Waals surface area contributed by atoms with Gasteiger partial charge in [-0.25, -0.2) is 17.2 Å². The molecule has 0 saturated carbocycles. The molecule has 1 heterocycles. The third-order valence-corrected chi connectivity index (χ3v) is 9.68. The van der Waals surface area contributed by atoms with Gasteiger partial charge in [-0.15, -0.1) is 0 Å². The van der Waals surface area contributed by atoms with Gasteiger partial charge in [0.1, 0.15) is 5.66 Å². The highest BCUT2D eigenvalue weighted by atomic mass is 32.2. The van der Waals surface area contributed by atoms with Crippen molar-refractivity contribution in [2.75, 3.05) is 13.2 Å². The SMILES string of the molecule is CCOP(=O)(OCC)C(Cc1ccc(F)c(F)c1)C1=C(C)c2ccccc2S1(=O)=O. The molecule has 0 bridgehead atoms. The minimum absolute atomic E-state index is 0.0326. The van der Waals surface area contributed by atoms with E-state index >= 15 is 0 Å². The van der Waals surface area contributed by atoms with Crippen molar-refractivity contribution in [3.8, 4) is 0 Å². The molecule has 2 aromatic rings. The molecule has 1 aliphatic rings. The monoisotopic (exact) mass is 456 g/mol. The highest BCUT2D eigenvalue weighted by Crippen LogP contribution is 2.60. The van der Waals surface area contributed by atoms with Crippen molar-refractivity contribution in [2.24, 2.45) is 0 Å². The average molecular weight is 456 g/mol. The van der Waals surface area contributed by atoms with Crippen molar-refractivity contribution in [2.45, 2.75) is 37.7 Å². The predicted octanol–water partition coefficient (Wildman–Crippen LogP) is 5.36. The number of hydrogen-bond donors (Lipinski definition) is 0. The fourth-order valence-electron chi connectivity index (χ4n) is 3.71. The molecule has 9 heteroatoms. The molecule has 2 aromatic carbocycles. The molecule has 3 rings (SSSR count). The molecule has 0 spiro atoms. The number of hydrogen-bond acceptors (Lipinski definition) is 5. The fourth-order valence-corrected chi connectivity index (χ4v) is 8.54. The number of sulfone groups is 1. The molecule has 0 radical (unpaired) electrons. The largest absolute Gasteiger partial charge is 0.339 e. The van der Waals surface area contributed by atoms with Gasteiger partial charge in [-0.1, -0.05) is 24.3 Å². The molecule has 1 unspecified atom stereocenters. The Morgan fingerprint density at radius 1 is 1.00 bits per heavy atom. The molecule has 1 aliphatic heterocycles. The van der Waals surface area contributed by atoms with Crippen LogP contribution in [0.3, 0.4) is 0 Å². The van der Waals surface area contributed by atoms with E-state index < -0.39 is 34.7 Å². The summed E-state index contributed by atoms with van der Waals surface area (Å²) in [5.41, 5.74) is 0.0322. The molecule has 0 amide bonds. The van der Waals surface area contributed by atoms with Crippen LogP contribution in [0.25, 0.3) is 5.57 Å². The predicted molar refractivity (Wildman–Crippen MR) is 111 cm³/mol. The Morgan fingerprint density at radius 2 is 1.63 bits per heavy atom. The molecule has 0 fully saturated rings. The van der Waals surface area contributed by atoms with Crippen molar-refractivity contribution in [1.82, 2.24) is 0 Å². The van der Waals surface area contributed by atoms with Crippen LogP contribution in [0.1, 0.15) is 31.9 Å². The molecule has 0 aromatic heterocycles. The molecule has 5 nitrogen and oxygen atoms in total. The highest BCUT2D eigenvalue weighted by molar-refractivity contribution is 7.96. The van der Waals surface area contributed by atoms with Gasteiger partial charge in [0.25, 0.3) is 0 Å². The average Bonchev–Trinajstić information content (AvgIpc) is 2.89. The van der Waals surface area contributed by atoms with E-state index in [1.165, 1.54) is 12.1 Å². The summed E-state index contributed by atoms with van der Waals surface area (Å²) in [6, 6.07) is 9.75. The van der Waals surface area contributed by atoms with Gasteiger partial charge in [0.2, 0.25) is 9.84 Å². The first-order chi connectivity index (χ1) is 14.2. The maximum absolute atomic E-state index is 13.8. The van der Waals surface area contributed by atoms with Crippen molar-refractivity contribution >= 4 is 23.0 Å². The molecular weight excluding hydrogens is 433 g/mol. The number of rotatable bonds is 8. The Kier molecular flexibility index (Phi) is 6.63. The van der Waals surface area contributed by atoms with Crippen molar-refractivity contribution in [3.63, 3.8) is 0 Å². The van der Waals surface area contributed by atoms with Gasteiger partial charge in [-0.05, 0) is 62.1 Å². The Hall–Kier alpha value is -1.86. The Balaban J connectivity index is 2.20. The summed E-state index contributed by atoms with van der Waals surface area (Å²) < 4.78 is 78.6. The summed E-state index contributed by atoms with van der Waals surface area (Å²) in [4.78, 5) is 0.0472. The minimum Gasteiger partial charge on any atom is -0.308 e. The molecule has 30 heavy (non-hydrogen) atoms. The summed E-state index contributed by atoms with van der Waals surface area (Å²) >= 11 is 0. The van der Waals surface area contributed by atoms with E-state index in [2.05, 4.69) is 0 Å². The second-order valence-corrected chi connectivity index (χ2v) is 10.9. The lowest BCUT2D eigenvalue weighted by Gasteiger charge is -2.27. The van der Waals surface area contributed by atoms with E-state index in [9.17, 15) is 21.8 Å². The van der Waals surface area contributed by atoms with Crippen LogP contribution in [0, 0.1) is 11.6 Å². The first-order valence-electron chi connectivity index (χ1n) is 9.53. The van der Waals surface area contributed by atoms with Gasteiger partial charge >= 0.3 is 7.60 Å². The standard InChI is InChI=1S/C21H23F2O5PS/c1-4-27-29(24,28-5-2)19(13-15-10-11-17(22)18(23)12-15)21-14(3)16-8-6-7-9-20(16)30(21,25)26/h6-12,19H,4-5,13H2,1-3H3. The lowest BCUT2D eigenvalue weighted by atomic mass is 10.0. The minimum atomic E-state index is -3.97. The lowest BCUT2D eigenvalue weighted by Crippen LogP contribution is -2.23. The van der Waals surface area contributed by atoms with Crippen LogP contribution in [-0.2, 0) is 29.9 Å². The second-order valence-electron chi connectivity index (χ2n) is 6.83. The third kappa shape index (κ3) is 4.02. The quantitative estimate of drug-likeness (QED) is 0.500. The molecule has 0 aliphatic carbocycles. The smallest absolute Gasteiger partial charge is 0.308 e. The Bertz CT molecular complexity index is 1130. The van der Waals surface area contributed by atoms with Crippen LogP contribution in [0.15, 0.2) is 52.3 Å². The second kappa shape index (κ2) is 8.71. The van der Waals surface area contributed by atoms with Crippen LogP contribution in [0.4, 0.5) is 8.78 Å².